The van der Waals surface area contributed by atoms with Crippen LogP contribution in [0.1, 0.15) is 24.2 Å². The molecule has 0 radical (unpaired) electrons. The Morgan fingerprint density at radius 2 is 2.06 bits per heavy atom. The van der Waals surface area contributed by atoms with Crippen LogP contribution in [0.4, 0.5) is 19.1 Å². The standard InChI is InChI=1S/C24H19ClF3N3O2S/c1-13-11-23-9-5-8-17(24(26,27)28)31(23)22-29-12-18(30(22)20(23)14(2)19(13)33-3)34-21(32)15-6-4-7-16(25)10-15/h4-12,19H,1-3H3. The van der Waals surface area contributed by atoms with Gasteiger partial charge in [0.15, 0.2) is 0 Å². The smallest absolute Gasteiger partial charge is 0.373 e. The third-order valence-electron chi connectivity index (χ3n) is 6.14. The molecule has 3 heterocycles. The third kappa shape index (κ3) is 3.29. The van der Waals surface area contributed by atoms with Crippen LogP contribution in [-0.4, -0.2) is 39.6 Å². The molecule has 1 spiro atoms. The topological polar surface area (TPSA) is 47.4 Å². The average Bonchev–Trinajstić information content (AvgIpc) is 3.28. The van der Waals surface area contributed by atoms with E-state index in [-0.39, 0.29) is 11.1 Å². The molecule has 5 nitrogen and oxygen atoms in total. The van der Waals surface area contributed by atoms with Gasteiger partial charge in [0.05, 0.1) is 11.9 Å². The third-order valence-corrected chi connectivity index (χ3v) is 7.29. The fourth-order valence-corrected chi connectivity index (χ4v) is 5.95. The minimum atomic E-state index is -4.61. The number of carbonyl (C=O) groups excluding carboxylic acids is 1. The molecule has 1 aromatic carbocycles. The molecule has 1 aliphatic carbocycles. The second-order valence-corrected chi connectivity index (χ2v) is 9.67. The fraction of sp³-hybridized carbons (Fsp3) is 0.250. The molecule has 10 heteroatoms. The number of anilines is 1. The Morgan fingerprint density at radius 1 is 1.29 bits per heavy atom. The molecule has 0 fully saturated rings. The highest BCUT2D eigenvalue weighted by Crippen LogP contribution is 2.55. The first-order chi connectivity index (χ1) is 16.1. The number of methoxy groups -OCH3 is 1. The summed E-state index contributed by atoms with van der Waals surface area (Å²) in [6, 6.07) is 6.52. The number of carbonyl (C=O) groups is 1. The average molecular weight is 506 g/mol. The number of aromatic nitrogens is 2. The Kier molecular flexibility index (Phi) is 5.34. The largest absolute Gasteiger partial charge is 0.431 e. The van der Waals surface area contributed by atoms with Gasteiger partial charge in [-0.15, -0.1) is 0 Å². The minimum Gasteiger partial charge on any atom is -0.373 e. The van der Waals surface area contributed by atoms with Crippen LogP contribution in [0.15, 0.2) is 76.6 Å². The second kappa shape index (κ2) is 7.90. The number of halogens is 4. The number of benzene rings is 1. The van der Waals surface area contributed by atoms with Gasteiger partial charge in [-0.05, 0) is 67.1 Å². The predicted molar refractivity (Wildman–Crippen MR) is 126 cm³/mol. The molecule has 34 heavy (non-hydrogen) atoms. The highest BCUT2D eigenvalue weighted by atomic mass is 35.5. The predicted octanol–water partition coefficient (Wildman–Crippen LogP) is 6.25. The van der Waals surface area contributed by atoms with Crippen molar-refractivity contribution in [1.82, 2.24) is 9.55 Å². The van der Waals surface area contributed by atoms with Crippen molar-refractivity contribution in [1.29, 1.82) is 0 Å². The van der Waals surface area contributed by atoms with E-state index < -0.39 is 23.5 Å². The van der Waals surface area contributed by atoms with Crippen LogP contribution < -0.4 is 4.90 Å². The SMILES string of the molecule is COC1C(C)=CC23C=CC=C(C(F)(F)F)N2c2ncc(SC(=O)c4cccc(Cl)c4)n2C3=C1C. The zero-order chi connectivity index (χ0) is 24.4. The number of imidazole rings is 1. The van der Waals surface area contributed by atoms with Gasteiger partial charge in [0, 0.05) is 17.7 Å². The number of hydrogen-bond donors (Lipinski definition) is 0. The summed E-state index contributed by atoms with van der Waals surface area (Å²) >= 11 is 6.92. The lowest BCUT2D eigenvalue weighted by Crippen LogP contribution is -2.50. The second-order valence-electron chi connectivity index (χ2n) is 8.24. The molecule has 2 aliphatic heterocycles. The van der Waals surface area contributed by atoms with E-state index in [1.807, 2.05) is 13.8 Å². The van der Waals surface area contributed by atoms with Gasteiger partial charge in [-0.25, -0.2) is 4.98 Å². The molecule has 5 rings (SSSR count). The summed E-state index contributed by atoms with van der Waals surface area (Å²) in [6.45, 7) is 3.67. The van der Waals surface area contributed by atoms with E-state index in [1.165, 1.54) is 17.2 Å². The maximum Gasteiger partial charge on any atom is 0.431 e. The van der Waals surface area contributed by atoms with Crippen molar-refractivity contribution < 1.29 is 22.7 Å². The van der Waals surface area contributed by atoms with Gasteiger partial charge < -0.3 is 4.74 Å². The lowest BCUT2D eigenvalue weighted by molar-refractivity contribution is -0.0941. The molecule has 3 aliphatic rings. The minimum absolute atomic E-state index is 0.0875. The molecule has 0 amide bonds. The number of fused-ring (bicyclic) bond motifs is 3. The number of thioether (sulfide) groups is 1. The molecular formula is C24H19ClF3N3O2S. The quantitative estimate of drug-likeness (QED) is 0.364. The Morgan fingerprint density at radius 3 is 2.74 bits per heavy atom. The van der Waals surface area contributed by atoms with Crippen LogP contribution >= 0.6 is 23.4 Å². The van der Waals surface area contributed by atoms with Crippen molar-refractivity contribution in [3.8, 4) is 0 Å². The van der Waals surface area contributed by atoms with Gasteiger partial charge in [0.2, 0.25) is 11.1 Å². The van der Waals surface area contributed by atoms with Crippen LogP contribution in [-0.2, 0) is 4.74 Å². The van der Waals surface area contributed by atoms with Crippen molar-refractivity contribution in [2.45, 2.75) is 36.7 Å². The Balaban J connectivity index is 1.70. The summed E-state index contributed by atoms with van der Waals surface area (Å²) in [6.07, 6.45) is 2.36. The van der Waals surface area contributed by atoms with Gasteiger partial charge >= 0.3 is 6.18 Å². The zero-order valence-corrected chi connectivity index (χ0v) is 19.9. The summed E-state index contributed by atoms with van der Waals surface area (Å²) in [4.78, 5) is 18.5. The van der Waals surface area contributed by atoms with E-state index >= 15 is 0 Å². The monoisotopic (exact) mass is 505 g/mol. The maximum absolute atomic E-state index is 14.1. The normalized spacial score (nSPS) is 23.4. The molecule has 0 saturated heterocycles. The van der Waals surface area contributed by atoms with Gasteiger partial charge in [-0.2, -0.15) is 13.2 Å². The molecule has 0 saturated carbocycles. The van der Waals surface area contributed by atoms with Crippen molar-refractivity contribution in [2.75, 3.05) is 12.0 Å². The summed E-state index contributed by atoms with van der Waals surface area (Å²) < 4.78 is 49.7. The van der Waals surface area contributed by atoms with Gasteiger partial charge in [-0.3, -0.25) is 14.3 Å². The molecular weight excluding hydrogens is 487 g/mol. The van der Waals surface area contributed by atoms with Crippen molar-refractivity contribution in [2.24, 2.45) is 0 Å². The summed E-state index contributed by atoms with van der Waals surface area (Å²) in [5.74, 6) is 0.0875. The molecule has 2 unspecified atom stereocenters. The zero-order valence-electron chi connectivity index (χ0n) is 18.4. The fourth-order valence-electron chi connectivity index (χ4n) is 4.95. The lowest BCUT2D eigenvalue weighted by Gasteiger charge is -2.42. The van der Waals surface area contributed by atoms with E-state index in [2.05, 4.69) is 4.98 Å². The Hall–Kier alpha value is -2.75. The van der Waals surface area contributed by atoms with Crippen LogP contribution in [0.2, 0.25) is 5.02 Å². The van der Waals surface area contributed by atoms with E-state index in [4.69, 9.17) is 16.3 Å². The van der Waals surface area contributed by atoms with Crippen molar-refractivity contribution in [3.05, 3.63) is 82.2 Å². The van der Waals surface area contributed by atoms with Gasteiger partial charge in [0.25, 0.3) is 0 Å². The van der Waals surface area contributed by atoms with Crippen molar-refractivity contribution in [3.63, 3.8) is 0 Å². The first-order valence-corrected chi connectivity index (χ1v) is 11.5. The first-order valence-electron chi connectivity index (χ1n) is 10.3. The molecule has 2 aromatic rings. The lowest BCUT2D eigenvalue weighted by atomic mass is 9.79. The summed E-state index contributed by atoms with van der Waals surface area (Å²) in [7, 11) is 1.56. The molecule has 176 valence electrons. The van der Waals surface area contributed by atoms with Crippen LogP contribution in [0, 0.1) is 0 Å². The Bertz CT molecular complexity index is 1340. The molecule has 1 aromatic heterocycles. The van der Waals surface area contributed by atoms with Gasteiger partial charge in [-0.1, -0.05) is 29.8 Å². The van der Waals surface area contributed by atoms with E-state index in [0.717, 1.165) is 29.0 Å². The summed E-state index contributed by atoms with van der Waals surface area (Å²) in [5, 5.41) is 0.525. The molecule has 2 atom stereocenters. The van der Waals surface area contributed by atoms with E-state index in [9.17, 15) is 18.0 Å². The number of alkyl halides is 3. The van der Waals surface area contributed by atoms with Crippen LogP contribution in [0.5, 0.6) is 0 Å². The molecule has 0 bridgehead atoms. The number of nitrogens with zero attached hydrogens (tertiary/aromatic N) is 3. The van der Waals surface area contributed by atoms with E-state index in [1.54, 1.807) is 48.1 Å². The number of allylic oxidation sites excluding steroid dienone is 3. The van der Waals surface area contributed by atoms with Gasteiger partial charge in [0.1, 0.15) is 22.4 Å². The Labute approximate surface area is 203 Å². The molecule has 0 N–H and O–H groups in total. The number of ether oxygens (including phenoxy) is 1. The summed E-state index contributed by atoms with van der Waals surface area (Å²) in [5.41, 5.74) is 0.424. The van der Waals surface area contributed by atoms with Crippen molar-refractivity contribution >= 4 is 40.1 Å². The van der Waals surface area contributed by atoms with E-state index in [0.29, 0.717) is 21.3 Å². The first kappa shape index (κ1) is 23.0. The van der Waals surface area contributed by atoms with Crippen LogP contribution in [0.25, 0.3) is 5.70 Å². The number of hydrogen-bond acceptors (Lipinski definition) is 5. The maximum atomic E-state index is 14.1. The van der Waals surface area contributed by atoms with Crippen LogP contribution in [0.3, 0.4) is 0 Å². The highest BCUT2D eigenvalue weighted by molar-refractivity contribution is 8.14. The number of rotatable bonds is 3. The highest BCUT2D eigenvalue weighted by Gasteiger charge is 2.57.